The van der Waals surface area contributed by atoms with Crippen molar-refractivity contribution in [2.24, 2.45) is 0 Å². The van der Waals surface area contributed by atoms with Gasteiger partial charge in [0.05, 0.1) is 4.92 Å². The molecule has 0 radical (unpaired) electrons. The molecule has 1 aromatic heterocycles. The van der Waals surface area contributed by atoms with E-state index in [0.29, 0.717) is 22.8 Å². The summed E-state index contributed by atoms with van der Waals surface area (Å²) in [6.07, 6.45) is 3.42. The van der Waals surface area contributed by atoms with Crippen LogP contribution in [-0.2, 0) is 0 Å². The summed E-state index contributed by atoms with van der Waals surface area (Å²) in [6.45, 7) is 7.85. The molecule has 7 heteroatoms. The quantitative estimate of drug-likeness (QED) is 0.639. The van der Waals surface area contributed by atoms with E-state index in [4.69, 9.17) is 0 Å². The Balaban J connectivity index is 2.31. The van der Waals surface area contributed by atoms with Crippen LogP contribution in [0.15, 0.2) is 0 Å². The summed E-state index contributed by atoms with van der Waals surface area (Å²) in [6, 6.07) is 0.390. The second kappa shape index (κ2) is 6.68. The van der Waals surface area contributed by atoms with E-state index in [1.807, 2.05) is 25.6 Å². The molecule has 2 unspecified atom stereocenters. The van der Waals surface area contributed by atoms with E-state index in [1.54, 1.807) is 11.6 Å². The summed E-state index contributed by atoms with van der Waals surface area (Å²) in [4.78, 5) is 11.0. The van der Waals surface area contributed by atoms with Gasteiger partial charge in [0.25, 0.3) is 0 Å². The number of hydrogen-bond acceptors (Lipinski definition) is 5. The van der Waals surface area contributed by atoms with Crippen molar-refractivity contribution in [2.75, 3.05) is 11.1 Å². The van der Waals surface area contributed by atoms with Gasteiger partial charge in [-0.3, -0.25) is 10.1 Å². The lowest BCUT2D eigenvalue weighted by Crippen LogP contribution is -2.28. The van der Waals surface area contributed by atoms with Crippen LogP contribution in [-0.4, -0.2) is 31.7 Å². The monoisotopic (exact) mass is 312 g/mol. The van der Waals surface area contributed by atoms with E-state index in [2.05, 4.69) is 17.3 Å². The Labute approximate surface area is 129 Å². The van der Waals surface area contributed by atoms with Gasteiger partial charge in [-0.15, -0.1) is 0 Å². The molecular weight excluding hydrogens is 288 g/mol. The molecule has 2 rings (SSSR count). The average molecular weight is 312 g/mol. The Morgan fingerprint density at radius 3 is 2.81 bits per heavy atom. The molecule has 1 aromatic rings. The number of aryl methyl sites for hydroxylation is 1. The molecule has 0 aromatic carbocycles. The second-order valence-electron chi connectivity index (χ2n) is 5.75. The summed E-state index contributed by atoms with van der Waals surface area (Å²) in [5.41, 5.74) is 0.602. The standard InChI is InChI=1S/C14H24N4O2S/c1-5-21-12-8-6-7-11(12)15-14-13(18(19)20)10(4)16-17(14)9(2)3/h9,11-12,15H,5-8H2,1-4H3. The van der Waals surface area contributed by atoms with E-state index in [0.717, 1.165) is 12.2 Å². The molecule has 1 N–H and O–H groups in total. The first-order chi connectivity index (χ1) is 9.95. The maximum absolute atomic E-state index is 11.4. The summed E-state index contributed by atoms with van der Waals surface area (Å²) >= 11 is 1.94. The highest BCUT2D eigenvalue weighted by molar-refractivity contribution is 7.99. The Morgan fingerprint density at radius 2 is 2.24 bits per heavy atom. The highest BCUT2D eigenvalue weighted by Crippen LogP contribution is 2.36. The lowest BCUT2D eigenvalue weighted by Gasteiger charge is -2.22. The van der Waals surface area contributed by atoms with E-state index in [1.165, 1.54) is 12.8 Å². The molecular formula is C14H24N4O2S. The SMILES string of the molecule is CCSC1CCCC1Nc1c([N+](=O)[O-])c(C)nn1C(C)C. The number of nitrogens with zero attached hydrogens (tertiary/aromatic N) is 3. The van der Waals surface area contributed by atoms with Crippen LogP contribution in [0.1, 0.15) is 51.8 Å². The fraction of sp³-hybridized carbons (Fsp3) is 0.786. The topological polar surface area (TPSA) is 73.0 Å². The maximum Gasteiger partial charge on any atom is 0.333 e. The summed E-state index contributed by atoms with van der Waals surface area (Å²) in [5, 5.41) is 19.7. The molecule has 2 atom stereocenters. The zero-order valence-electron chi connectivity index (χ0n) is 13.1. The van der Waals surface area contributed by atoms with Crippen molar-refractivity contribution < 1.29 is 4.92 Å². The van der Waals surface area contributed by atoms with Crippen LogP contribution < -0.4 is 5.32 Å². The molecule has 21 heavy (non-hydrogen) atoms. The first-order valence-electron chi connectivity index (χ1n) is 7.57. The third-order valence-electron chi connectivity index (χ3n) is 3.88. The minimum absolute atomic E-state index is 0.0959. The predicted molar refractivity (Wildman–Crippen MR) is 87.2 cm³/mol. The zero-order chi connectivity index (χ0) is 15.6. The molecule has 0 spiro atoms. The zero-order valence-corrected chi connectivity index (χ0v) is 13.9. The van der Waals surface area contributed by atoms with Crippen LogP contribution in [0.4, 0.5) is 11.5 Å². The van der Waals surface area contributed by atoms with Crippen LogP contribution in [0.2, 0.25) is 0 Å². The number of aromatic nitrogens is 2. The third-order valence-corrected chi connectivity index (χ3v) is 5.21. The smallest absolute Gasteiger partial charge is 0.333 e. The molecule has 1 fully saturated rings. The molecule has 6 nitrogen and oxygen atoms in total. The fourth-order valence-corrected chi connectivity index (χ4v) is 4.14. The van der Waals surface area contributed by atoms with Crippen LogP contribution in [0.25, 0.3) is 0 Å². The number of rotatable bonds is 6. The van der Waals surface area contributed by atoms with Crippen molar-refractivity contribution in [1.82, 2.24) is 9.78 Å². The van der Waals surface area contributed by atoms with E-state index < -0.39 is 0 Å². The Morgan fingerprint density at radius 1 is 1.52 bits per heavy atom. The Hall–Kier alpha value is -1.24. The molecule has 1 aliphatic carbocycles. The number of anilines is 1. The van der Waals surface area contributed by atoms with Crippen LogP contribution >= 0.6 is 11.8 Å². The van der Waals surface area contributed by atoms with Gasteiger partial charge < -0.3 is 5.32 Å². The molecule has 0 amide bonds. The summed E-state index contributed by atoms with van der Waals surface area (Å²) in [7, 11) is 0. The van der Waals surface area contributed by atoms with Crippen molar-refractivity contribution in [3.63, 3.8) is 0 Å². The largest absolute Gasteiger partial charge is 0.361 e. The maximum atomic E-state index is 11.4. The van der Waals surface area contributed by atoms with Gasteiger partial charge in [0.15, 0.2) is 0 Å². The van der Waals surface area contributed by atoms with E-state index in [-0.39, 0.29) is 16.7 Å². The highest BCUT2D eigenvalue weighted by atomic mass is 32.2. The van der Waals surface area contributed by atoms with Crippen molar-refractivity contribution >= 4 is 23.3 Å². The molecule has 118 valence electrons. The van der Waals surface area contributed by atoms with Gasteiger partial charge in [0, 0.05) is 17.3 Å². The minimum Gasteiger partial charge on any atom is -0.361 e. The van der Waals surface area contributed by atoms with Crippen molar-refractivity contribution in [2.45, 2.75) is 64.3 Å². The van der Waals surface area contributed by atoms with Crippen molar-refractivity contribution in [3.8, 4) is 0 Å². The van der Waals surface area contributed by atoms with Crippen LogP contribution in [0.5, 0.6) is 0 Å². The molecule has 1 saturated carbocycles. The van der Waals surface area contributed by atoms with Crippen molar-refractivity contribution in [1.29, 1.82) is 0 Å². The fourth-order valence-electron chi connectivity index (χ4n) is 2.95. The lowest BCUT2D eigenvalue weighted by molar-refractivity contribution is -0.384. The minimum atomic E-state index is -0.319. The molecule has 0 saturated heterocycles. The van der Waals surface area contributed by atoms with Gasteiger partial charge in [-0.25, -0.2) is 4.68 Å². The highest BCUT2D eigenvalue weighted by Gasteiger charge is 2.33. The predicted octanol–water partition coefficient (Wildman–Crippen LogP) is 3.77. The van der Waals surface area contributed by atoms with Crippen molar-refractivity contribution in [3.05, 3.63) is 15.8 Å². The van der Waals surface area contributed by atoms with Crippen LogP contribution in [0.3, 0.4) is 0 Å². The van der Waals surface area contributed by atoms with E-state index >= 15 is 0 Å². The van der Waals surface area contributed by atoms with Gasteiger partial charge in [-0.1, -0.05) is 13.3 Å². The molecule has 1 heterocycles. The molecule has 0 bridgehead atoms. The lowest BCUT2D eigenvalue weighted by atomic mass is 10.2. The Bertz CT molecular complexity index is 515. The van der Waals surface area contributed by atoms with Gasteiger partial charge in [0.2, 0.25) is 5.82 Å². The molecule has 0 aliphatic heterocycles. The first kappa shape index (κ1) is 16.1. The second-order valence-corrected chi connectivity index (χ2v) is 7.27. The number of nitro groups is 1. The Kier molecular flexibility index (Phi) is 5.13. The average Bonchev–Trinajstić information content (AvgIpc) is 2.95. The number of thioether (sulfide) groups is 1. The van der Waals surface area contributed by atoms with Gasteiger partial charge in [-0.05, 0) is 39.4 Å². The van der Waals surface area contributed by atoms with Gasteiger partial charge in [-0.2, -0.15) is 16.9 Å². The van der Waals surface area contributed by atoms with E-state index in [9.17, 15) is 10.1 Å². The van der Waals surface area contributed by atoms with Gasteiger partial charge in [0.1, 0.15) is 5.69 Å². The number of hydrogen-bond donors (Lipinski definition) is 1. The van der Waals surface area contributed by atoms with Crippen LogP contribution in [0, 0.1) is 17.0 Å². The molecule has 1 aliphatic rings. The third kappa shape index (κ3) is 3.33. The summed E-state index contributed by atoms with van der Waals surface area (Å²) in [5.74, 6) is 1.65. The summed E-state index contributed by atoms with van der Waals surface area (Å²) < 4.78 is 1.75. The number of nitrogens with one attached hydrogen (secondary N) is 1. The van der Waals surface area contributed by atoms with Gasteiger partial charge >= 0.3 is 5.69 Å². The first-order valence-corrected chi connectivity index (χ1v) is 8.62. The normalized spacial score (nSPS) is 22.0.